The average molecular weight is 710 g/mol. The van der Waals surface area contributed by atoms with Crippen molar-refractivity contribution in [3.05, 3.63) is 204 Å². The number of fused-ring (bicyclic) bond motifs is 9. The molecule has 3 aliphatic rings. The molecule has 0 spiro atoms. The topological polar surface area (TPSA) is 47.8 Å². The Bertz CT molecular complexity index is 2920. The van der Waals surface area contributed by atoms with Crippen LogP contribution in [0.1, 0.15) is 40.8 Å². The third-order valence-corrected chi connectivity index (χ3v) is 11.0. The number of para-hydroxylation sites is 3. The highest BCUT2D eigenvalue weighted by molar-refractivity contribution is 6.24. The van der Waals surface area contributed by atoms with Gasteiger partial charge in [0.15, 0.2) is 23.0 Å². The van der Waals surface area contributed by atoms with Crippen LogP contribution in [0.4, 0.5) is 0 Å². The van der Waals surface area contributed by atoms with Crippen molar-refractivity contribution in [2.24, 2.45) is 4.99 Å². The van der Waals surface area contributed by atoms with E-state index in [4.69, 9.17) is 14.5 Å². The van der Waals surface area contributed by atoms with Gasteiger partial charge in [-0.1, -0.05) is 158 Å². The summed E-state index contributed by atoms with van der Waals surface area (Å²) in [6.45, 7) is 0. The van der Waals surface area contributed by atoms with E-state index in [-0.39, 0.29) is 12.1 Å². The number of rotatable bonds is 5. The summed E-state index contributed by atoms with van der Waals surface area (Å²) in [5, 5.41) is 8.23. The number of ether oxygens (including phenoxy) is 2. The van der Waals surface area contributed by atoms with E-state index in [2.05, 4.69) is 156 Å². The van der Waals surface area contributed by atoms with Crippen LogP contribution in [0.5, 0.6) is 23.0 Å². The van der Waals surface area contributed by atoms with Crippen LogP contribution in [0, 0.1) is 0 Å². The van der Waals surface area contributed by atoms with Gasteiger partial charge in [-0.15, -0.1) is 0 Å². The Kier molecular flexibility index (Phi) is 7.30. The molecule has 5 nitrogen and oxygen atoms in total. The van der Waals surface area contributed by atoms with E-state index in [0.29, 0.717) is 0 Å². The first-order valence-electron chi connectivity index (χ1n) is 18.8. The minimum atomic E-state index is -0.0793. The van der Waals surface area contributed by atoms with Crippen LogP contribution in [0.3, 0.4) is 0 Å². The van der Waals surface area contributed by atoms with Crippen molar-refractivity contribution >= 4 is 49.7 Å². The van der Waals surface area contributed by atoms with Gasteiger partial charge in [-0.3, -0.25) is 4.99 Å². The smallest absolute Gasteiger partial charge is 0.195 e. The van der Waals surface area contributed by atoms with Crippen molar-refractivity contribution in [3.8, 4) is 23.0 Å². The number of hydrogen-bond donors (Lipinski definition) is 1. The standard InChI is InChI=1S/C50H35N3O2/c1-3-13-34(14-4-1)41-31-42(52-50(51-41)36-15-5-2-6-16-36)35-25-23-32(24-26-35)33-27-29-37(30-28-33)53-43-20-10-9-19-40(43)46-38-17-7-8-18-39(38)48-49(47(46)53)55-45-22-12-11-21-44(45)54-48/h1-29,31,37,41H,30H2,(H,51,52). The second kappa shape index (κ2) is 12.8. The van der Waals surface area contributed by atoms with Gasteiger partial charge in [0.2, 0.25) is 0 Å². The Morgan fingerprint density at radius 3 is 1.96 bits per heavy atom. The molecule has 1 aromatic heterocycles. The Morgan fingerprint density at radius 2 is 1.22 bits per heavy atom. The second-order valence-electron chi connectivity index (χ2n) is 14.3. The fourth-order valence-electron chi connectivity index (χ4n) is 8.39. The SMILES string of the molecule is C1=CC(n2c3ccccc3c3c4ccccc4c4c(c32)Oc2ccccc2O4)CC=C1c1ccc(C2=CC(c3ccccc3)N=C(c3ccccc3)N2)cc1. The van der Waals surface area contributed by atoms with Gasteiger partial charge in [0.05, 0.1) is 17.6 Å². The fraction of sp³-hybridized carbons (Fsp3) is 0.0600. The minimum Gasteiger partial charge on any atom is -0.449 e. The molecule has 0 radical (unpaired) electrons. The molecule has 11 rings (SSSR count). The van der Waals surface area contributed by atoms with Crippen LogP contribution in [0.15, 0.2) is 187 Å². The molecule has 0 saturated heterocycles. The predicted octanol–water partition coefficient (Wildman–Crippen LogP) is 12.6. The molecule has 7 aromatic carbocycles. The van der Waals surface area contributed by atoms with Crippen LogP contribution in [0.2, 0.25) is 0 Å². The monoisotopic (exact) mass is 709 g/mol. The summed E-state index contributed by atoms with van der Waals surface area (Å²) in [6, 6.07) is 54.9. The van der Waals surface area contributed by atoms with Crippen molar-refractivity contribution in [2.75, 3.05) is 0 Å². The zero-order valence-corrected chi connectivity index (χ0v) is 29.9. The van der Waals surface area contributed by atoms with E-state index >= 15 is 0 Å². The lowest BCUT2D eigenvalue weighted by atomic mass is 9.95. The van der Waals surface area contributed by atoms with Crippen molar-refractivity contribution in [1.29, 1.82) is 0 Å². The summed E-state index contributed by atoms with van der Waals surface area (Å²) < 4.78 is 15.9. The zero-order valence-electron chi connectivity index (χ0n) is 29.9. The van der Waals surface area contributed by atoms with Gasteiger partial charge in [-0.2, -0.15) is 0 Å². The van der Waals surface area contributed by atoms with E-state index < -0.39 is 0 Å². The lowest BCUT2D eigenvalue weighted by Crippen LogP contribution is -2.27. The van der Waals surface area contributed by atoms with Crippen LogP contribution in [-0.4, -0.2) is 10.4 Å². The third-order valence-electron chi connectivity index (χ3n) is 11.0. The summed E-state index contributed by atoms with van der Waals surface area (Å²) in [4.78, 5) is 5.10. The number of allylic oxidation sites excluding steroid dienone is 4. The van der Waals surface area contributed by atoms with Gasteiger partial charge in [0, 0.05) is 32.9 Å². The van der Waals surface area contributed by atoms with Gasteiger partial charge in [0.25, 0.3) is 0 Å². The molecule has 0 amide bonds. The summed E-state index contributed by atoms with van der Waals surface area (Å²) in [5.41, 5.74) is 9.04. The molecule has 2 atom stereocenters. The van der Waals surface area contributed by atoms with E-state index in [0.717, 1.165) is 68.4 Å². The maximum atomic E-state index is 6.77. The number of nitrogens with zero attached hydrogens (tertiary/aromatic N) is 2. The quantitative estimate of drug-likeness (QED) is 0.194. The average Bonchev–Trinajstić information content (AvgIpc) is 3.62. The minimum absolute atomic E-state index is 0.0793. The molecule has 262 valence electrons. The fourth-order valence-corrected chi connectivity index (χ4v) is 8.39. The van der Waals surface area contributed by atoms with Crippen LogP contribution < -0.4 is 14.8 Å². The molecule has 3 heterocycles. The molecule has 1 N–H and O–H groups in total. The summed E-state index contributed by atoms with van der Waals surface area (Å²) in [5.74, 6) is 3.87. The predicted molar refractivity (Wildman–Crippen MR) is 224 cm³/mol. The molecule has 8 aromatic rings. The van der Waals surface area contributed by atoms with Crippen molar-refractivity contribution in [3.63, 3.8) is 0 Å². The van der Waals surface area contributed by atoms with Crippen molar-refractivity contribution < 1.29 is 9.47 Å². The number of nitrogens with one attached hydrogen (secondary N) is 1. The number of hydrogen-bond acceptors (Lipinski definition) is 4. The molecule has 1 aliphatic carbocycles. The highest BCUT2D eigenvalue weighted by Gasteiger charge is 2.30. The highest BCUT2D eigenvalue weighted by atomic mass is 16.6. The molecular weight excluding hydrogens is 675 g/mol. The third kappa shape index (κ3) is 5.27. The highest BCUT2D eigenvalue weighted by Crippen LogP contribution is 2.55. The molecule has 0 bridgehead atoms. The Balaban J connectivity index is 0.941. The lowest BCUT2D eigenvalue weighted by Gasteiger charge is -2.26. The molecule has 55 heavy (non-hydrogen) atoms. The van der Waals surface area contributed by atoms with Crippen LogP contribution in [-0.2, 0) is 0 Å². The summed E-state index contributed by atoms with van der Waals surface area (Å²) in [7, 11) is 0. The maximum Gasteiger partial charge on any atom is 0.195 e. The summed E-state index contributed by atoms with van der Waals surface area (Å²) >= 11 is 0. The van der Waals surface area contributed by atoms with Crippen LogP contribution in [0.25, 0.3) is 43.8 Å². The first kappa shape index (κ1) is 31.4. The number of amidine groups is 1. The second-order valence-corrected chi connectivity index (χ2v) is 14.3. The number of aliphatic imine (C=N–C) groups is 1. The number of aromatic nitrogens is 1. The van der Waals surface area contributed by atoms with E-state index in [1.165, 1.54) is 33.0 Å². The molecule has 2 aliphatic heterocycles. The van der Waals surface area contributed by atoms with Gasteiger partial charge >= 0.3 is 0 Å². The molecule has 5 heteroatoms. The van der Waals surface area contributed by atoms with E-state index in [1.807, 2.05) is 36.4 Å². The normalized spacial score (nSPS) is 17.3. The van der Waals surface area contributed by atoms with Gasteiger partial charge < -0.3 is 19.4 Å². The first-order chi connectivity index (χ1) is 27.3. The van der Waals surface area contributed by atoms with E-state index in [9.17, 15) is 0 Å². The van der Waals surface area contributed by atoms with E-state index in [1.54, 1.807) is 0 Å². The molecular formula is C50H35N3O2. The number of benzene rings is 7. The van der Waals surface area contributed by atoms with Gasteiger partial charge in [-0.05, 0) is 58.3 Å². The van der Waals surface area contributed by atoms with Crippen LogP contribution >= 0.6 is 0 Å². The molecule has 2 unspecified atom stereocenters. The molecule has 0 fully saturated rings. The Hall–Kier alpha value is -7.11. The zero-order chi connectivity index (χ0) is 36.3. The van der Waals surface area contributed by atoms with Crippen molar-refractivity contribution in [2.45, 2.75) is 18.5 Å². The maximum absolute atomic E-state index is 6.77. The molecule has 0 saturated carbocycles. The Labute approximate surface area is 318 Å². The lowest BCUT2D eigenvalue weighted by molar-refractivity contribution is 0.365. The van der Waals surface area contributed by atoms with Crippen molar-refractivity contribution in [1.82, 2.24) is 9.88 Å². The first-order valence-corrected chi connectivity index (χ1v) is 18.8. The van der Waals surface area contributed by atoms with Gasteiger partial charge in [-0.25, -0.2) is 0 Å². The largest absolute Gasteiger partial charge is 0.449 e. The van der Waals surface area contributed by atoms with Gasteiger partial charge in [0.1, 0.15) is 5.84 Å². The Morgan fingerprint density at radius 1 is 0.582 bits per heavy atom. The summed E-state index contributed by atoms with van der Waals surface area (Å²) in [6.07, 6.45) is 10.0.